The first kappa shape index (κ1) is 23.1. The number of carbonyl (C=O) groups excluding carboxylic acids is 1. The fourth-order valence-corrected chi connectivity index (χ4v) is 4.90. The molecule has 1 aliphatic heterocycles. The summed E-state index contributed by atoms with van der Waals surface area (Å²) >= 11 is 0. The highest BCUT2D eigenvalue weighted by Crippen LogP contribution is 2.22. The molecule has 168 valence electrons. The second kappa shape index (κ2) is 10.2. The van der Waals surface area contributed by atoms with Gasteiger partial charge in [-0.15, -0.1) is 0 Å². The third-order valence-corrected chi connectivity index (χ3v) is 7.09. The van der Waals surface area contributed by atoms with Crippen LogP contribution in [0.15, 0.2) is 53.4 Å². The van der Waals surface area contributed by atoms with Crippen molar-refractivity contribution in [1.29, 1.82) is 0 Å². The summed E-state index contributed by atoms with van der Waals surface area (Å²) < 4.78 is 41.4. The number of piperazine rings is 1. The van der Waals surface area contributed by atoms with Gasteiger partial charge < -0.3 is 20.6 Å². The lowest BCUT2D eigenvalue weighted by Gasteiger charge is -2.31. The van der Waals surface area contributed by atoms with Gasteiger partial charge in [-0.25, -0.2) is 17.6 Å². The van der Waals surface area contributed by atoms with E-state index in [-0.39, 0.29) is 23.5 Å². The van der Waals surface area contributed by atoms with Gasteiger partial charge in [-0.3, -0.25) is 0 Å². The number of anilines is 1. The number of urea groups is 1. The molecule has 1 saturated heterocycles. The van der Waals surface area contributed by atoms with Gasteiger partial charge in [0, 0.05) is 44.0 Å². The molecule has 31 heavy (non-hydrogen) atoms. The van der Waals surface area contributed by atoms with Crippen LogP contribution in [0, 0.1) is 5.82 Å². The van der Waals surface area contributed by atoms with E-state index in [1.54, 1.807) is 30.3 Å². The van der Waals surface area contributed by atoms with Crippen LogP contribution in [0.1, 0.15) is 18.0 Å². The second-order valence-corrected chi connectivity index (χ2v) is 9.36. The smallest absolute Gasteiger partial charge is 0.319 e. The minimum absolute atomic E-state index is 0.0934. The zero-order chi connectivity index (χ0) is 22.4. The van der Waals surface area contributed by atoms with Crippen LogP contribution in [-0.4, -0.2) is 68.6 Å². The van der Waals surface area contributed by atoms with Crippen LogP contribution in [-0.2, 0) is 10.0 Å². The van der Waals surface area contributed by atoms with Crippen LogP contribution in [0.3, 0.4) is 0 Å². The maximum Gasteiger partial charge on any atom is 0.319 e. The SMILES string of the molecule is CN1CCN(S(=O)(=O)c2cccc(NC(=O)NC(CCO)c3ccccc3F)c2)CC1. The highest BCUT2D eigenvalue weighted by molar-refractivity contribution is 7.89. The fraction of sp³-hybridized carbons (Fsp3) is 0.381. The van der Waals surface area contributed by atoms with Crippen LogP contribution in [0.25, 0.3) is 0 Å². The van der Waals surface area contributed by atoms with E-state index < -0.39 is 27.9 Å². The maximum absolute atomic E-state index is 14.1. The molecule has 0 aliphatic carbocycles. The van der Waals surface area contributed by atoms with Crippen molar-refractivity contribution in [2.24, 2.45) is 0 Å². The predicted molar refractivity (Wildman–Crippen MR) is 116 cm³/mol. The van der Waals surface area contributed by atoms with Gasteiger partial charge in [0.25, 0.3) is 0 Å². The summed E-state index contributed by atoms with van der Waals surface area (Å²) in [6.45, 7) is 1.88. The van der Waals surface area contributed by atoms with Crippen molar-refractivity contribution in [1.82, 2.24) is 14.5 Å². The predicted octanol–water partition coefficient (Wildman–Crippen LogP) is 2.01. The van der Waals surface area contributed by atoms with E-state index in [1.165, 1.54) is 22.5 Å². The molecule has 1 heterocycles. The Morgan fingerprint density at radius 1 is 1.13 bits per heavy atom. The van der Waals surface area contributed by atoms with Crippen LogP contribution in [0.5, 0.6) is 0 Å². The third-order valence-electron chi connectivity index (χ3n) is 5.20. The van der Waals surface area contributed by atoms with Crippen molar-refractivity contribution in [2.45, 2.75) is 17.4 Å². The molecule has 10 heteroatoms. The van der Waals surface area contributed by atoms with E-state index in [2.05, 4.69) is 15.5 Å². The summed E-state index contributed by atoms with van der Waals surface area (Å²) in [5.41, 5.74) is 0.557. The molecule has 1 fully saturated rings. The lowest BCUT2D eigenvalue weighted by Crippen LogP contribution is -2.47. The molecule has 0 bridgehead atoms. The Kier molecular flexibility index (Phi) is 7.60. The molecule has 2 aromatic carbocycles. The number of aliphatic hydroxyl groups is 1. The highest BCUT2D eigenvalue weighted by Gasteiger charge is 2.27. The van der Waals surface area contributed by atoms with E-state index in [0.29, 0.717) is 31.9 Å². The summed E-state index contributed by atoms with van der Waals surface area (Å²) in [4.78, 5) is 14.6. The number of likely N-dealkylation sites (N-methyl/N-ethyl adjacent to an activating group) is 1. The Labute approximate surface area is 181 Å². The first-order valence-electron chi connectivity index (χ1n) is 10.0. The van der Waals surface area contributed by atoms with E-state index in [1.807, 2.05) is 7.05 Å². The highest BCUT2D eigenvalue weighted by atomic mass is 32.2. The number of sulfonamides is 1. The fourth-order valence-electron chi connectivity index (χ4n) is 3.43. The second-order valence-electron chi connectivity index (χ2n) is 7.42. The van der Waals surface area contributed by atoms with Gasteiger partial charge in [0.15, 0.2) is 0 Å². The van der Waals surface area contributed by atoms with Crippen LogP contribution in [0.2, 0.25) is 0 Å². The summed E-state index contributed by atoms with van der Waals surface area (Å²) in [6.07, 6.45) is 0.131. The Bertz CT molecular complexity index is 1010. The first-order valence-corrected chi connectivity index (χ1v) is 11.5. The van der Waals surface area contributed by atoms with E-state index in [9.17, 15) is 22.7 Å². The van der Waals surface area contributed by atoms with Gasteiger partial charge in [-0.05, 0) is 37.7 Å². The average molecular weight is 451 g/mol. The molecule has 2 aromatic rings. The van der Waals surface area contributed by atoms with Crippen molar-refractivity contribution in [2.75, 3.05) is 45.2 Å². The summed E-state index contributed by atoms with van der Waals surface area (Å²) in [7, 11) is -1.73. The lowest BCUT2D eigenvalue weighted by atomic mass is 10.0. The Balaban J connectivity index is 1.71. The summed E-state index contributed by atoms with van der Waals surface area (Å²) in [6, 6.07) is 10.7. The number of amides is 2. The van der Waals surface area contributed by atoms with Gasteiger partial charge >= 0.3 is 6.03 Å². The molecular weight excluding hydrogens is 423 g/mol. The first-order chi connectivity index (χ1) is 14.8. The van der Waals surface area contributed by atoms with Crippen molar-refractivity contribution in [3.05, 3.63) is 59.9 Å². The molecule has 3 rings (SSSR count). The standard InChI is InChI=1S/C21H27FN4O4S/c1-25-10-12-26(13-11-25)31(29,30)17-6-4-5-16(15-17)23-21(28)24-20(9-14-27)18-7-2-3-8-19(18)22/h2-8,15,20,27H,9-14H2,1H3,(H2,23,24,28). The summed E-state index contributed by atoms with van der Waals surface area (Å²) in [5.74, 6) is -0.485. The maximum atomic E-state index is 14.1. The average Bonchev–Trinajstić information content (AvgIpc) is 2.74. The minimum atomic E-state index is -3.67. The number of hydrogen-bond donors (Lipinski definition) is 3. The number of aliphatic hydroxyl groups excluding tert-OH is 1. The molecule has 1 unspecified atom stereocenters. The zero-order valence-electron chi connectivity index (χ0n) is 17.3. The molecular formula is C21H27FN4O4S. The Morgan fingerprint density at radius 3 is 2.52 bits per heavy atom. The van der Waals surface area contributed by atoms with E-state index in [4.69, 9.17) is 0 Å². The molecule has 3 N–H and O–H groups in total. The minimum Gasteiger partial charge on any atom is -0.396 e. The molecule has 0 radical (unpaired) electrons. The lowest BCUT2D eigenvalue weighted by molar-refractivity contribution is 0.222. The number of rotatable bonds is 7. The normalized spacial score (nSPS) is 16.6. The number of carbonyl (C=O) groups is 1. The number of hydrogen-bond acceptors (Lipinski definition) is 5. The largest absolute Gasteiger partial charge is 0.396 e. The molecule has 1 aliphatic rings. The van der Waals surface area contributed by atoms with Crippen LogP contribution < -0.4 is 10.6 Å². The van der Waals surface area contributed by atoms with Gasteiger partial charge in [0.1, 0.15) is 5.82 Å². The van der Waals surface area contributed by atoms with Gasteiger partial charge in [0.2, 0.25) is 10.0 Å². The van der Waals surface area contributed by atoms with E-state index >= 15 is 0 Å². The monoisotopic (exact) mass is 450 g/mol. The Hall–Kier alpha value is -2.53. The topological polar surface area (TPSA) is 102 Å². The van der Waals surface area contributed by atoms with Crippen molar-refractivity contribution in [3.8, 4) is 0 Å². The van der Waals surface area contributed by atoms with Crippen molar-refractivity contribution >= 4 is 21.7 Å². The van der Waals surface area contributed by atoms with Crippen molar-refractivity contribution < 1.29 is 22.7 Å². The van der Waals surface area contributed by atoms with Gasteiger partial charge in [-0.2, -0.15) is 4.31 Å². The Morgan fingerprint density at radius 2 is 1.84 bits per heavy atom. The van der Waals surface area contributed by atoms with Crippen LogP contribution >= 0.6 is 0 Å². The number of nitrogens with one attached hydrogen (secondary N) is 2. The number of halogens is 1. The summed E-state index contributed by atoms with van der Waals surface area (Å²) in [5, 5.41) is 14.5. The molecule has 1 atom stereocenters. The third kappa shape index (κ3) is 5.79. The van der Waals surface area contributed by atoms with Gasteiger partial charge in [0.05, 0.1) is 10.9 Å². The van der Waals surface area contributed by atoms with Crippen LogP contribution in [0.4, 0.5) is 14.9 Å². The van der Waals surface area contributed by atoms with E-state index in [0.717, 1.165) is 0 Å². The molecule has 8 nitrogen and oxygen atoms in total. The molecule has 0 saturated carbocycles. The number of benzene rings is 2. The molecule has 2 amide bonds. The zero-order valence-corrected chi connectivity index (χ0v) is 18.1. The molecule has 0 spiro atoms. The van der Waals surface area contributed by atoms with Gasteiger partial charge in [-0.1, -0.05) is 24.3 Å². The van der Waals surface area contributed by atoms with Crippen molar-refractivity contribution in [3.63, 3.8) is 0 Å². The number of nitrogens with zero attached hydrogens (tertiary/aromatic N) is 2. The molecule has 0 aromatic heterocycles. The quantitative estimate of drug-likeness (QED) is 0.599.